The van der Waals surface area contributed by atoms with Crippen LogP contribution < -0.4 is 5.32 Å². The van der Waals surface area contributed by atoms with Crippen molar-refractivity contribution in [1.82, 2.24) is 0 Å². The van der Waals surface area contributed by atoms with E-state index in [9.17, 15) is 13.5 Å². The van der Waals surface area contributed by atoms with Gasteiger partial charge >= 0.3 is 0 Å². The maximum absolute atomic E-state index is 11.3. The minimum atomic E-state index is -4.27. The van der Waals surface area contributed by atoms with Crippen LogP contribution in [-0.2, 0) is 10.1 Å². The number of hydrogen-bond acceptors (Lipinski definition) is 5. The molecule has 0 saturated carbocycles. The van der Waals surface area contributed by atoms with Gasteiger partial charge in [-0.1, -0.05) is 18.2 Å². The molecule has 1 unspecified atom stereocenters. The molecule has 6 nitrogen and oxygen atoms in total. The molecule has 0 aliphatic carbocycles. The third-order valence-electron chi connectivity index (χ3n) is 2.87. The van der Waals surface area contributed by atoms with Gasteiger partial charge in [0.1, 0.15) is 4.90 Å². The van der Waals surface area contributed by atoms with E-state index in [1.54, 1.807) is 24.3 Å². The summed E-state index contributed by atoms with van der Waals surface area (Å²) in [5.74, 6) is 0. The van der Waals surface area contributed by atoms with Crippen LogP contribution in [-0.4, -0.2) is 42.4 Å². The van der Waals surface area contributed by atoms with Crippen LogP contribution in [0.15, 0.2) is 41.3 Å². The summed E-state index contributed by atoms with van der Waals surface area (Å²) in [6, 6.07) is 9.51. The summed E-state index contributed by atoms with van der Waals surface area (Å²) in [5.41, 5.74) is 0.678. The molecule has 0 radical (unpaired) electrons. The van der Waals surface area contributed by atoms with E-state index in [2.05, 4.69) is 5.32 Å². The lowest BCUT2D eigenvalue weighted by atomic mass is 10.1. The first-order chi connectivity index (χ1) is 9.41. The van der Waals surface area contributed by atoms with Gasteiger partial charge in [-0.05, 0) is 23.6 Å². The Hall–Kier alpha value is -1.67. The van der Waals surface area contributed by atoms with Crippen LogP contribution in [0.5, 0.6) is 0 Å². The fraction of sp³-hybridized carbons (Fsp3) is 0.231. The molecule has 0 amide bonds. The second-order valence-corrected chi connectivity index (χ2v) is 5.77. The highest BCUT2D eigenvalue weighted by atomic mass is 32.2. The monoisotopic (exact) mass is 297 g/mol. The van der Waals surface area contributed by atoms with Crippen LogP contribution in [0.4, 0.5) is 5.69 Å². The average Bonchev–Trinajstić information content (AvgIpc) is 2.42. The summed E-state index contributed by atoms with van der Waals surface area (Å²) in [7, 11) is -4.27. The topological polar surface area (TPSA) is 107 Å². The Balaban J connectivity index is 2.37. The first-order valence-corrected chi connectivity index (χ1v) is 7.39. The summed E-state index contributed by atoms with van der Waals surface area (Å²) < 4.78 is 31.7. The normalized spacial score (nSPS) is 13.3. The van der Waals surface area contributed by atoms with Crippen molar-refractivity contribution in [3.63, 3.8) is 0 Å². The first kappa shape index (κ1) is 14.7. The molecular formula is C13H15NO5S. The van der Waals surface area contributed by atoms with Gasteiger partial charge in [0.25, 0.3) is 10.1 Å². The smallest absolute Gasteiger partial charge is 0.295 e. The fourth-order valence-electron chi connectivity index (χ4n) is 1.89. The number of fused-ring (bicyclic) bond motifs is 1. The van der Waals surface area contributed by atoms with E-state index in [0.29, 0.717) is 16.5 Å². The zero-order valence-electron chi connectivity index (χ0n) is 10.5. The summed E-state index contributed by atoms with van der Waals surface area (Å²) >= 11 is 0. The molecule has 0 spiro atoms. The highest BCUT2D eigenvalue weighted by Gasteiger charge is 2.13. The Morgan fingerprint density at radius 1 is 1.20 bits per heavy atom. The van der Waals surface area contributed by atoms with Gasteiger partial charge in [-0.3, -0.25) is 4.55 Å². The zero-order chi connectivity index (χ0) is 14.8. The lowest BCUT2D eigenvalue weighted by molar-refractivity contribution is 0.105. The maximum atomic E-state index is 11.3. The van der Waals surface area contributed by atoms with E-state index < -0.39 is 16.2 Å². The third kappa shape index (κ3) is 3.26. The van der Waals surface area contributed by atoms with E-state index in [1.807, 2.05) is 0 Å². The van der Waals surface area contributed by atoms with E-state index in [-0.39, 0.29) is 18.0 Å². The molecule has 0 aliphatic rings. The first-order valence-electron chi connectivity index (χ1n) is 5.95. The summed E-state index contributed by atoms with van der Waals surface area (Å²) in [4.78, 5) is -0.142. The second-order valence-electron chi connectivity index (χ2n) is 4.38. The van der Waals surface area contributed by atoms with Crippen LogP contribution in [0.2, 0.25) is 0 Å². The van der Waals surface area contributed by atoms with Gasteiger partial charge in [0.15, 0.2) is 0 Å². The Kier molecular flexibility index (Phi) is 4.24. The maximum Gasteiger partial charge on any atom is 0.295 e. The highest BCUT2D eigenvalue weighted by Crippen LogP contribution is 2.25. The molecule has 20 heavy (non-hydrogen) atoms. The fourth-order valence-corrected chi connectivity index (χ4v) is 2.60. The molecule has 0 saturated heterocycles. The zero-order valence-corrected chi connectivity index (χ0v) is 11.3. The second kappa shape index (κ2) is 5.76. The van der Waals surface area contributed by atoms with Crippen molar-refractivity contribution in [3.8, 4) is 0 Å². The van der Waals surface area contributed by atoms with Crippen molar-refractivity contribution in [2.45, 2.75) is 11.0 Å². The predicted molar refractivity (Wildman–Crippen MR) is 75.3 cm³/mol. The number of aliphatic hydroxyl groups is 2. The molecule has 108 valence electrons. The van der Waals surface area contributed by atoms with Gasteiger partial charge in [-0.15, -0.1) is 0 Å². The molecule has 4 N–H and O–H groups in total. The molecule has 2 aromatic carbocycles. The number of hydrogen-bond donors (Lipinski definition) is 4. The number of nitrogens with one attached hydrogen (secondary N) is 1. The minimum Gasteiger partial charge on any atom is -0.394 e. The quantitative estimate of drug-likeness (QED) is 0.610. The van der Waals surface area contributed by atoms with Crippen molar-refractivity contribution in [1.29, 1.82) is 0 Å². The van der Waals surface area contributed by atoms with Crippen LogP contribution in [0.1, 0.15) is 0 Å². The highest BCUT2D eigenvalue weighted by molar-refractivity contribution is 7.86. The minimum absolute atomic E-state index is 0.142. The average molecular weight is 297 g/mol. The molecule has 0 bridgehead atoms. The van der Waals surface area contributed by atoms with Gasteiger partial charge < -0.3 is 15.5 Å². The lowest BCUT2D eigenvalue weighted by Gasteiger charge is -2.11. The van der Waals surface area contributed by atoms with Gasteiger partial charge in [0, 0.05) is 17.6 Å². The molecule has 0 aliphatic heterocycles. The summed E-state index contributed by atoms with van der Waals surface area (Å²) in [6.07, 6.45) is -0.866. The van der Waals surface area contributed by atoms with Crippen molar-refractivity contribution < 1.29 is 23.2 Å². The Morgan fingerprint density at radius 2 is 1.95 bits per heavy atom. The van der Waals surface area contributed by atoms with Gasteiger partial charge in [0.2, 0.25) is 0 Å². The van der Waals surface area contributed by atoms with Gasteiger partial charge in [-0.25, -0.2) is 0 Å². The summed E-state index contributed by atoms with van der Waals surface area (Å²) in [6.45, 7) is -0.159. The number of aliphatic hydroxyl groups excluding tert-OH is 2. The molecule has 1 atom stereocenters. The number of anilines is 1. The van der Waals surface area contributed by atoms with E-state index >= 15 is 0 Å². The summed E-state index contributed by atoms with van der Waals surface area (Å²) in [5, 5.41) is 22.0. The number of rotatable bonds is 5. The van der Waals surface area contributed by atoms with Crippen LogP contribution >= 0.6 is 0 Å². The molecule has 2 aromatic rings. The van der Waals surface area contributed by atoms with Gasteiger partial charge in [-0.2, -0.15) is 8.42 Å². The van der Waals surface area contributed by atoms with E-state index in [4.69, 9.17) is 9.66 Å². The van der Waals surface area contributed by atoms with Crippen LogP contribution in [0.3, 0.4) is 0 Å². The molecule has 0 aromatic heterocycles. The van der Waals surface area contributed by atoms with Crippen molar-refractivity contribution in [2.75, 3.05) is 18.5 Å². The third-order valence-corrected chi connectivity index (χ3v) is 3.78. The van der Waals surface area contributed by atoms with Crippen molar-refractivity contribution >= 4 is 26.6 Å². The molecular weight excluding hydrogens is 282 g/mol. The Morgan fingerprint density at radius 3 is 2.60 bits per heavy atom. The van der Waals surface area contributed by atoms with Crippen molar-refractivity contribution in [3.05, 3.63) is 36.4 Å². The standard InChI is InChI=1S/C13H15NO5S/c15-8-11(16)7-14-10-4-5-12-9(6-10)2-1-3-13(12)20(17,18)19/h1-6,11,14-16H,7-8H2,(H,17,18,19). The number of benzene rings is 2. The SMILES string of the molecule is O=S(=O)(O)c1cccc2cc(NCC(O)CO)ccc12. The van der Waals surface area contributed by atoms with Gasteiger partial charge in [0.05, 0.1) is 12.7 Å². The molecule has 2 rings (SSSR count). The Labute approximate surface area is 116 Å². The predicted octanol–water partition coefficient (Wildman–Crippen LogP) is 0.852. The lowest BCUT2D eigenvalue weighted by Crippen LogP contribution is -2.22. The molecule has 0 heterocycles. The Bertz CT molecular complexity index is 714. The molecule has 7 heteroatoms. The van der Waals surface area contributed by atoms with Crippen LogP contribution in [0, 0.1) is 0 Å². The van der Waals surface area contributed by atoms with E-state index in [1.165, 1.54) is 12.1 Å². The van der Waals surface area contributed by atoms with Crippen LogP contribution in [0.25, 0.3) is 10.8 Å². The van der Waals surface area contributed by atoms with Crippen molar-refractivity contribution in [2.24, 2.45) is 0 Å². The molecule has 0 fully saturated rings. The largest absolute Gasteiger partial charge is 0.394 e. The van der Waals surface area contributed by atoms with E-state index in [0.717, 1.165) is 0 Å².